The predicted molar refractivity (Wildman–Crippen MR) is 130 cm³/mol. The summed E-state index contributed by atoms with van der Waals surface area (Å²) in [6.45, 7) is 4.20. The molecule has 2 aliphatic rings. The number of carbonyl (C=O) groups excluding carboxylic acids is 1. The minimum atomic E-state index is -0.585. The van der Waals surface area contributed by atoms with Crippen LogP contribution >= 0.6 is 0 Å². The molecule has 0 spiro atoms. The molecular formula is C25H28N6O3. The van der Waals surface area contributed by atoms with E-state index in [4.69, 9.17) is 9.72 Å². The molecule has 1 unspecified atom stereocenters. The first-order valence-electron chi connectivity index (χ1n) is 11.5. The summed E-state index contributed by atoms with van der Waals surface area (Å²) in [6.07, 6.45) is 2.77. The molecule has 2 saturated heterocycles. The Morgan fingerprint density at radius 1 is 0.971 bits per heavy atom. The van der Waals surface area contributed by atoms with Crippen LogP contribution in [0.3, 0.4) is 0 Å². The average Bonchev–Trinajstić information content (AvgIpc) is 2.91. The van der Waals surface area contributed by atoms with E-state index in [-0.39, 0.29) is 11.5 Å². The molecule has 3 aromatic rings. The van der Waals surface area contributed by atoms with E-state index >= 15 is 0 Å². The SMILES string of the molecule is Cn1c(N2CCOC(C(=O)N3CCN(c4ccccc4)CC3)C2)nc(-c2ccncc2)cc1=O. The van der Waals surface area contributed by atoms with Crippen LogP contribution < -0.4 is 15.4 Å². The van der Waals surface area contributed by atoms with Crippen LogP contribution in [0.2, 0.25) is 0 Å². The van der Waals surface area contributed by atoms with Crippen molar-refractivity contribution in [1.29, 1.82) is 0 Å². The van der Waals surface area contributed by atoms with Crippen LogP contribution in [0.5, 0.6) is 0 Å². The highest BCUT2D eigenvalue weighted by Gasteiger charge is 2.33. The number of carbonyl (C=O) groups is 1. The fourth-order valence-corrected chi connectivity index (χ4v) is 4.49. The Morgan fingerprint density at radius 3 is 2.44 bits per heavy atom. The second kappa shape index (κ2) is 9.64. The summed E-state index contributed by atoms with van der Waals surface area (Å²) in [4.78, 5) is 40.9. The third-order valence-electron chi connectivity index (χ3n) is 6.42. The summed E-state index contributed by atoms with van der Waals surface area (Å²) in [6, 6.07) is 15.4. The van der Waals surface area contributed by atoms with E-state index in [1.165, 1.54) is 16.3 Å². The van der Waals surface area contributed by atoms with Crippen LogP contribution in [0.1, 0.15) is 0 Å². The van der Waals surface area contributed by atoms with Gasteiger partial charge >= 0.3 is 0 Å². The number of ether oxygens (including phenoxy) is 1. The molecule has 9 nitrogen and oxygen atoms in total. The fourth-order valence-electron chi connectivity index (χ4n) is 4.49. The molecule has 1 aromatic carbocycles. The van der Waals surface area contributed by atoms with Gasteiger partial charge in [0.05, 0.1) is 18.8 Å². The summed E-state index contributed by atoms with van der Waals surface area (Å²) < 4.78 is 7.40. The number of piperazine rings is 1. The molecule has 1 atom stereocenters. The zero-order valence-electron chi connectivity index (χ0n) is 19.2. The van der Waals surface area contributed by atoms with Crippen LogP contribution in [0.4, 0.5) is 11.6 Å². The third kappa shape index (κ3) is 4.51. The number of hydrogen-bond acceptors (Lipinski definition) is 7. The van der Waals surface area contributed by atoms with Gasteiger partial charge < -0.3 is 19.4 Å². The maximum atomic E-state index is 13.3. The summed E-state index contributed by atoms with van der Waals surface area (Å²) >= 11 is 0. The van der Waals surface area contributed by atoms with Crippen molar-refractivity contribution in [1.82, 2.24) is 19.4 Å². The Bertz CT molecular complexity index is 1190. The van der Waals surface area contributed by atoms with Gasteiger partial charge in [-0.25, -0.2) is 4.98 Å². The highest BCUT2D eigenvalue weighted by Crippen LogP contribution is 2.21. The first-order valence-corrected chi connectivity index (χ1v) is 11.5. The van der Waals surface area contributed by atoms with Crippen molar-refractivity contribution < 1.29 is 9.53 Å². The van der Waals surface area contributed by atoms with E-state index in [0.29, 0.717) is 44.4 Å². The van der Waals surface area contributed by atoms with Gasteiger partial charge in [0, 0.05) is 69.5 Å². The lowest BCUT2D eigenvalue weighted by Gasteiger charge is -2.40. The molecule has 0 N–H and O–H groups in total. The van der Waals surface area contributed by atoms with Gasteiger partial charge in [0.25, 0.3) is 11.5 Å². The first kappa shape index (κ1) is 22.1. The lowest BCUT2D eigenvalue weighted by molar-refractivity contribution is -0.144. The molecule has 9 heteroatoms. The highest BCUT2D eigenvalue weighted by molar-refractivity contribution is 5.82. The fraction of sp³-hybridized carbons (Fsp3) is 0.360. The number of morpholine rings is 1. The Labute approximate surface area is 198 Å². The molecule has 2 aliphatic heterocycles. The minimum absolute atomic E-state index is 0.00676. The van der Waals surface area contributed by atoms with Crippen LogP contribution in [0.15, 0.2) is 65.7 Å². The van der Waals surface area contributed by atoms with Gasteiger partial charge in [-0.2, -0.15) is 0 Å². The molecule has 0 bridgehead atoms. The van der Waals surface area contributed by atoms with Crippen molar-refractivity contribution in [3.05, 3.63) is 71.3 Å². The molecule has 2 aromatic heterocycles. The molecule has 4 heterocycles. The Morgan fingerprint density at radius 2 is 1.71 bits per heavy atom. The van der Waals surface area contributed by atoms with Crippen molar-refractivity contribution in [3.63, 3.8) is 0 Å². The molecule has 176 valence electrons. The van der Waals surface area contributed by atoms with Gasteiger partial charge in [-0.3, -0.25) is 19.1 Å². The number of anilines is 2. The summed E-state index contributed by atoms with van der Waals surface area (Å²) in [5.41, 5.74) is 2.44. The number of hydrogen-bond donors (Lipinski definition) is 0. The number of para-hydroxylation sites is 1. The Kier molecular flexibility index (Phi) is 6.27. The normalized spacial score (nSPS) is 18.7. The Hall–Kier alpha value is -3.72. The number of benzene rings is 1. The van der Waals surface area contributed by atoms with E-state index in [1.807, 2.05) is 40.1 Å². The van der Waals surface area contributed by atoms with Crippen molar-refractivity contribution in [2.45, 2.75) is 6.10 Å². The van der Waals surface area contributed by atoms with Gasteiger partial charge in [-0.05, 0) is 24.3 Å². The monoisotopic (exact) mass is 460 g/mol. The lowest BCUT2D eigenvalue weighted by Crippen LogP contribution is -2.56. The molecular weight excluding hydrogens is 432 g/mol. The van der Waals surface area contributed by atoms with Crippen molar-refractivity contribution in [2.24, 2.45) is 7.05 Å². The summed E-state index contributed by atoms with van der Waals surface area (Å²) in [5, 5.41) is 0. The predicted octanol–water partition coefficient (Wildman–Crippen LogP) is 1.40. The summed E-state index contributed by atoms with van der Waals surface area (Å²) in [5.74, 6) is 0.530. The summed E-state index contributed by atoms with van der Waals surface area (Å²) in [7, 11) is 1.70. The van der Waals surface area contributed by atoms with Crippen molar-refractivity contribution in [2.75, 3.05) is 55.7 Å². The molecule has 0 aliphatic carbocycles. The molecule has 2 fully saturated rings. The average molecular weight is 461 g/mol. The second-order valence-electron chi connectivity index (χ2n) is 8.53. The van der Waals surface area contributed by atoms with Crippen LogP contribution in [-0.2, 0) is 16.6 Å². The number of rotatable bonds is 4. The quantitative estimate of drug-likeness (QED) is 0.582. The van der Waals surface area contributed by atoms with Crippen molar-refractivity contribution in [3.8, 4) is 11.3 Å². The van der Waals surface area contributed by atoms with Gasteiger partial charge in [-0.1, -0.05) is 18.2 Å². The van der Waals surface area contributed by atoms with E-state index in [1.54, 1.807) is 19.4 Å². The van der Waals surface area contributed by atoms with E-state index in [2.05, 4.69) is 22.0 Å². The Balaban J connectivity index is 1.28. The van der Waals surface area contributed by atoms with Gasteiger partial charge in [-0.15, -0.1) is 0 Å². The highest BCUT2D eigenvalue weighted by atomic mass is 16.5. The standard InChI is InChI=1S/C25H28N6O3/c1-28-23(32)17-21(19-7-9-26-10-8-19)27-25(28)31-15-16-34-22(18-31)24(33)30-13-11-29(12-14-30)20-5-3-2-4-6-20/h2-10,17,22H,11-16,18H2,1H3. The van der Waals surface area contributed by atoms with Gasteiger partial charge in [0.2, 0.25) is 5.95 Å². The second-order valence-corrected chi connectivity index (χ2v) is 8.53. The first-order chi connectivity index (χ1) is 16.6. The number of amides is 1. The number of aromatic nitrogens is 3. The molecule has 34 heavy (non-hydrogen) atoms. The number of pyridine rings is 1. The van der Waals surface area contributed by atoms with Crippen LogP contribution in [0.25, 0.3) is 11.3 Å². The van der Waals surface area contributed by atoms with E-state index in [0.717, 1.165) is 18.7 Å². The molecule has 0 radical (unpaired) electrons. The minimum Gasteiger partial charge on any atom is -0.368 e. The van der Waals surface area contributed by atoms with E-state index < -0.39 is 6.10 Å². The molecule has 1 amide bonds. The number of nitrogens with zero attached hydrogens (tertiary/aromatic N) is 6. The third-order valence-corrected chi connectivity index (χ3v) is 6.42. The lowest BCUT2D eigenvalue weighted by atomic mass is 10.2. The molecule has 5 rings (SSSR count). The van der Waals surface area contributed by atoms with E-state index in [9.17, 15) is 9.59 Å². The van der Waals surface area contributed by atoms with Gasteiger partial charge in [0.1, 0.15) is 0 Å². The van der Waals surface area contributed by atoms with Gasteiger partial charge in [0.15, 0.2) is 6.10 Å². The topological polar surface area (TPSA) is 83.8 Å². The molecule has 0 saturated carbocycles. The maximum Gasteiger partial charge on any atom is 0.255 e. The maximum absolute atomic E-state index is 13.3. The zero-order valence-corrected chi connectivity index (χ0v) is 19.2. The van der Waals surface area contributed by atoms with Crippen LogP contribution in [-0.4, -0.2) is 77.3 Å². The zero-order chi connectivity index (χ0) is 23.5. The smallest absolute Gasteiger partial charge is 0.255 e. The largest absolute Gasteiger partial charge is 0.368 e. The van der Waals surface area contributed by atoms with Crippen molar-refractivity contribution >= 4 is 17.5 Å². The van der Waals surface area contributed by atoms with Crippen LogP contribution in [0, 0.1) is 0 Å².